The molecule has 0 rings (SSSR count). The molecule has 1 unspecified atom stereocenters. The van der Waals surface area contributed by atoms with Crippen molar-refractivity contribution < 1.29 is 23.0 Å². The summed E-state index contributed by atoms with van der Waals surface area (Å²) in [5, 5.41) is 0. The van der Waals surface area contributed by atoms with E-state index in [2.05, 4.69) is 0 Å². The van der Waals surface area contributed by atoms with Gasteiger partial charge in [-0.15, -0.1) is 0 Å². The molecule has 0 aliphatic carbocycles. The first-order valence-electron chi connectivity index (χ1n) is 4.54. The van der Waals surface area contributed by atoms with Crippen molar-refractivity contribution in [2.24, 2.45) is 11.0 Å². The van der Waals surface area contributed by atoms with Crippen LogP contribution in [0.2, 0.25) is 0 Å². The molecule has 92 valence electrons. The van der Waals surface area contributed by atoms with Crippen molar-refractivity contribution >= 4 is 15.6 Å². The van der Waals surface area contributed by atoms with Crippen LogP contribution >= 0.6 is 15.6 Å². The Morgan fingerprint density at radius 2 is 1.67 bits per heavy atom. The summed E-state index contributed by atoms with van der Waals surface area (Å²) in [5.74, 6) is 0. The van der Waals surface area contributed by atoms with Gasteiger partial charge in [-0.25, -0.2) is 0 Å². The monoisotopic (exact) mass is 261 g/mol. The summed E-state index contributed by atoms with van der Waals surface area (Å²) in [6, 6.07) is 0. The quantitative estimate of drug-likeness (QED) is 0.554. The van der Waals surface area contributed by atoms with Gasteiger partial charge in [-0.1, -0.05) is 0 Å². The van der Waals surface area contributed by atoms with E-state index in [1.807, 2.05) is 0 Å². The van der Waals surface area contributed by atoms with E-state index in [0.29, 0.717) is 0 Å². The second kappa shape index (κ2) is 6.13. The molecule has 0 aliphatic rings. The average Bonchev–Trinajstić information content (AvgIpc) is 2.02. The first-order chi connectivity index (χ1) is 6.82. The molecule has 0 saturated heterocycles. The second-order valence-corrected chi connectivity index (χ2v) is 6.69. The van der Waals surface area contributed by atoms with E-state index in [-0.39, 0.29) is 26.0 Å². The van der Waals surface area contributed by atoms with Crippen molar-refractivity contribution in [2.75, 3.05) is 26.0 Å². The number of hydrogen-bond acceptors (Lipinski definition) is 6. The Morgan fingerprint density at radius 1 is 1.20 bits per heavy atom. The molecule has 0 radical (unpaired) electrons. The molecule has 0 amide bonds. The molecular weight excluding hydrogens is 242 g/mol. The van der Waals surface area contributed by atoms with Gasteiger partial charge in [0.1, 0.15) is 0 Å². The Hall–Kier alpha value is 0.290. The summed E-state index contributed by atoms with van der Waals surface area (Å²) in [6.45, 7) is 3.83. The summed E-state index contributed by atoms with van der Waals surface area (Å²) >= 11 is 0. The van der Waals surface area contributed by atoms with Crippen LogP contribution in [-0.4, -0.2) is 30.9 Å². The van der Waals surface area contributed by atoms with Crippen LogP contribution in [0.1, 0.15) is 13.8 Å². The van der Waals surface area contributed by atoms with Crippen LogP contribution in [0.3, 0.4) is 0 Å². The predicted molar refractivity (Wildman–Crippen MR) is 59.2 cm³/mol. The SMILES string of the molecule is CCOP(N)(N)(OCC)OCC[P+](=O)O. The van der Waals surface area contributed by atoms with E-state index in [1.165, 1.54) is 0 Å². The summed E-state index contributed by atoms with van der Waals surface area (Å²) in [4.78, 5) is 8.57. The van der Waals surface area contributed by atoms with Crippen molar-refractivity contribution in [3.05, 3.63) is 0 Å². The van der Waals surface area contributed by atoms with Crippen LogP contribution in [0.4, 0.5) is 0 Å². The van der Waals surface area contributed by atoms with E-state index >= 15 is 0 Å². The Morgan fingerprint density at radius 3 is 2.00 bits per heavy atom. The van der Waals surface area contributed by atoms with E-state index in [1.54, 1.807) is 13.8 Å². The Balaban J connectivity index is 4.30. The van der Waals surface area contributed by atoms with Crippen molar-refractivity contribution in [2.45, 2.75) is 13.8 Å². The minimum absolute atomic E-state index is 0.0538. The predicted octanol–water partition coefficient (Wildman–Crippen LogP) is 0.856. The topological polar surface area (TPSA) is 117 Å². The molecule has 0 spiro atoms. The summed E-state index contributed by atoms with van der Waals surface area (Å²) in [5.41, 5.74) is 11.4. The second-order valence-electron chi connectivity index (χ2n) is 2.75. The van der Waals surface area contributed by atoms with Crippen LogP contribution in [-0.2, 0) is 18.1 Å². The van der Waals surface area contributed by atoms with Crippen LogP contribution in [0.5, 0.6) is 0 Å². The Kier molecular flexibility index (Phi) is 6.25. The Bertz CT molecular complexity index is 216. The number of nitrogens with two attached hydrogens (primary N) is 2. The van der Waals surface area contributed by atoms with E-state index in [0.717, 1.165) is 0 Å². The van der Waals surface area contributed by atoms with Gasteiger partial charge >= 0.3 is 89.5 Å². The zero-order valence-corrected chi connectivity index (χ0v) is 10.7. The molecule has 0 heterocycles. The van der Waals surface area contributed by atoms with Gasteiger partial charge in [-0.05, 0) is 0 Å². The maximum absolute atomic E-state index is 10.4. The Labute approximate surface area is 90.2 Å². The summed E-state index contributed by atoms with van der Waals surface area (Å²) in [6.07, 6.45) is -0.0538. The van der Waals surface area contributed by atoms with E-state index in [9.17, 15) is 4.57 Å². The normalized spacial score (nSPS) is 15.8. The average molecular weight is 261 g/mol. The van der Waals surface area contributed by atoms with Crippen LogP contribution in [0.25, 0.3) is 0 Å². The third kappa shape index (κ3) is 6.45. The van der Waals surface area contributed by atoms with Gasteiger partial charge in [0.05, 0.1) is 0 Å². The first kappa shape index (κ1) is 15.3. The molecule has 0 aliphatic heterocycles. The molecule has 0 bridgehead atoms. The zero-order valence-electron chi connectivity index (χ0n) is 8.96. The summed E-state index contributed by atoms with van der Waals surface area (Å²) < 4.78 is 25.7. The molecule has 15 heavy (non-hydrogen) atoms. The van der Waals surface area contributed by atoms with Crippen LogP contribution < -0.4 is 11.0 Å². The van der Waals surface area contributed by atoms with Gasteiger partial charge in [0, 0.05) is 0 Å². The zero-order chi connectivity index (χ0) is 12.0. The molecule has 0 saturated carbocycles. The van der Waals surface area contributed by atoms with Gasteiger partial charge in [-0.3, -0.25) is 0 Å². The molecule has 9 heteroatoms. The van der Waals surface area contributed by atoms with Crippen molar-refractivity contribution in [1.29, 1.82) is 0 Å². The molecule has 5 N–H and O–H groups in total. The molecule has 0 aromatic carbocycles. The van der Waals surface area contributed by atoms with Crippen molar-refractivity contribution in [1.82, 2.24) is 0 Å². The van der Waals surface area contributed by atoms with Gasteiger partial charge in [-0.2, -0.15) is 0 Å². The van der Waals surface area contributed by atoms with Crippen LogP contribution in [0.15, 0.2) is 0 Å². The fourth-order valence-electron chi connectivity index (χ4n) is 0.920. The van der Waals surface area contributed by atoms with Gasteiger partial charge in [0.15, 0.2) is 0 Å². The first-order valence-corrected chi connectivity index (χ1v) is 8.07. The van der Waals surface area contributed by atoms with Gasteiger partial charge in [0.2, 0.25) is 0 Å². The molecular formula is C6H19N2O5P2+. The fourth-order valence-corrected chi connectivity index (χ4v) is 3.00. The number of rotatable bonds is 8. The molecule has 1 atom stereocenters. The third-order valence-electron chi connectivity index (χ3n) is 1.40. The molecule has 0 aromatic rings. The van der Waals surface area contributed by atoms with Gasteiger partial charge in [0.25, 0.3) is 0 Å². The fraction of sp³-hybridized carbons (Fsp3) is 1.00. The van der Waals surface area contributed by atoms with Crippen molar-refractivity contribution in [3.63, 3.8) is 0 Å². The van der Waals surface area contributed by atoms with Crippen molar-refractivity contribution in [3.8, 4) is 0 Å². The molecule has 7 nitrogen and oxygen atoms in total. The summed E-state index contributed by atoms with van der Waals surface area (Å²) in [7, 11) is -6.30. The minimum atomic E-state index is -4.03. The van der Waals surface area contributed by atoms with Gasteiger partial charge < -0.3 is 0 Å². The molecule has 0 aromatic heterocycles. The van der Waals surface area contributed by atoms with E-state index < -0.39 is 15.6 Å². The van der Waals surface area contributed by atoms with Crippen LogP contribution in [0, 0.1) is 0 Å². The standard InChI is InChI=1S/C6H18N2O5P2/c1-3-11-15(7,8,12-4-2)13-5-6-14(9)10/h3-8H2,1-2H3/p+1. The molecule has 0 fully saturated rings. The number of hydrogen-bond donors (Lipinski definition) is 3. The van der Waals surface area contributed by atoms with E-state index in [4.69, 9.17) is 29.5 Å². The maximum atomic E-state index is 10.4. The third-order valence-corrected chi connectivity index (χ3v) is 4.19.